The molecule has 40 heavy (non-hydrogen) atoms. The third-order valence-electron chi connectivity index (χ3n) is 6.89. The van der Waals surface area contributed by atoms with E-state index in [-0.39, 0.29) is 16.6 Å². The number of thioether (sulfide) groups is 1. The summed E-state index contributed by atoms with van der Waals surface area (Å²) in [4.78, 5) is 15.0. The lowest BCUT2D eigenvalue weighted by Crippen LogP contribution is -2.60. The van der Waals surface area contributed by atoms with Gasteiger partial charge in [-0.1, -0.05) is 11.6 Å². The highest BCUT2D eigenvalue weighted by Crippen LogP contribution is 2.34. The van der Waals surface area contributed by atoms with Crippen molar-refractivity contribution in [1.29, 1.82) is 0 Å². The lowest BCUT2D eigenvalue weighted by molar-refractivity contribution is -0.148. The molecule has 2 N–H and O–H groups in total. The van der Waals surface area contributed by atoms with Crippen LogP contribution >= 0.6 is 23.4 Å². The number of likely N-dealkylation sites (tertiary alicyclic amines) is 1. The van der Waals surface area contributed by atoms with Crippen LogP contribution in [0.4, 0.5) is 8.78 Å². The molecule has 0 bridgehead atoms. The van der Waals surface area contributed by atoms with Gasteiger partial charge in [0.15, 0.2) is 11.6 Å². The summed E-state index contributed by atoms with van der Waals surface area (Å²) >= 11 is 7.70. The number of carbonyl (C=O) groups is 1. The van der Waals surface area contributed by atoms with Crippen LogP contribution in [0.1, 0.15) is 39.5 Å². The number of hydrogen-bond donors (Lipinski definition) is 2. The van der Waals surface area contributed by atoms with Gasteiger partial charge in [0.2, 0.25) is 0 Å². The molecule has 2 atom stereocenters. The molecular formula is C27H33ClF2N2O6S2. The second kappa shape index (κ2) is 12.5. The van der Waals surface area contributed by atoms with Crippen molar-refractivity contribution in [3.8, 4) is 5.75 Å². The second-order valence-corrected chi connectivity index (χ2v) is 13.9. The number of rotatable bonds is 11. The summed E-state index contributed by atoms with van der Waals surface area (Å²) in [6, 6.07) is 7.74. The Kier molecular flexibility index (Phi) is 9.68. The number of benzene rings is 2. The van der Waals surface area contributed by atoms with Crippen LogP contribution in [0.25, 0.3) is 0 Å². The molecule has 2 fully saturated rings. The molecular weight excluding hydrogens is 586 g/mol. The Hall–Kier alpha value is -1.96. The highest BCUT2D eigenvalue weighted by atomic mass is 35.5. The number of hydrogen-bond acceptors (Lipinski definition) is 8. The minimum Gasteiger partial charge on any atom is -0.485 e. The van der Waals surface area contributed by atoms with Crippen molar-refractivity contribution >= 4 is 39.3 Å². The van der Waals surface area contributed by atoms with Gasteiger partial charge in [0.25, 0.3) is 15.9 Å². The number of β-amino-alcohol motifs (C(OH)–C–C–N with tert-alkyl or cyclic N) is 1. The van der Waals surface area contributed by atoms with Gasteiger partial charge in [-0.05, 0) is 75.9 Å². The van der Waals surface area contributed by atoms with Crippen LogP contribution in [-0.2, 0) is 19.6 Å². The van der Waals surface area contributed by atoms with Crippen LogP contribution in [-0.4, -0.2) is 73.6 Å². The van der Waals surface area contributed by atoms with Crippen molar-refractivity contribution in [1.82, 2.24) is 9.62 Å². The van der Waals surface area contributed by atoms with E-state index in [1.807, 2.05) is 9.62 Å². The Balaban J connectivity index is 1.47. The molecule has 4 rings (SSSR count). The van der Waals surface area contributed by atoms with Crippen molar-refractivity contribution in [2.75, 3.05) is 32.0 Å². The van der Waals surface area contributed by atoms with Crippen LogP contribution < -0.4 is 9.46 Å². The maximum Gasteiger partial charge on any atom is 0.265 e. The lowest BCUT2D eigenvalue weighted by Gasteiger charge is -2.44. The number of nitrogens with one attached hydrogen (secondary N) is 1. The molecule has 2 aliphatic rings. The fourth-order valence-corrected chi connectivity index (χ4v) is 7.04. The van der Waals surface area contributed by atoms with Crippen LogP contribution in [0.5, 0.6) is 5.75 Å². The van der Waals surface area contributed by atoms with E-state index in [0.29, 0.717) is 51.3 Å². The molecule has 2 aliphatic heterocycles. The summed E-state index contributed by atoms with van der Waals surface area (Å²) in [6.45, 7) is 5.19. The third kappa shape index (κ3) is 7.86. The SMILES string of the molecule is CC1(O)CN(CC[C@H](CSc2ccc(F)cc2)Oc2c(F)cc(S(=O)(=O)NC(=O)[C@@]3(C)CCCCO3)cc2Cl)C1. The summed E-state index contributed by atoms with van der Waals surface area (Å²) in [5, 5.41) is 9.74. The van der Waals surface area contributed by atoms with Gasteiger partial charge in [0.1, 0.15) is 17.5 Å². The second-order valence-electron chi connectivity index (χ2n) is 10.7. The van der Waals surface area contributed by atoms with Gasteiger partial charge < -0.3 is 14.6 Å². The van der Waals surface area contributed by atoms with Gasteiger partial charge in [-0.2, -0.15) is 0 Å². The number of ether oxygens (including phenoxy) is 2. The maximum atomic E-state index is 15.3. The molecule has 0 unspecified atom stereocenters. The van der Waals surface area contributed by atoms with E-state index in [1.54, 1.807) is 19.1 Å². The third-order valence-corrected chi connectivity index (χ3v) is 9.62. The fraction of sp³-hybridized carbons (Fsp3) is 0.519. The zero-order chi connectivity index (χ0) is 29.1. The topological polar surface area (TPSA) is 105 Å². The molecule has 13 heteroatoms. The fourth-order valence-electron chi connectivity index (χ4n) is 4.67. The molecule has 2 heterocycles. The summed E-state index contributed by atoms with van der Waals surface area (Å²) in [5.74, 6) is -2.12. The summed E-state index contributed by atoms with van der Waals surface area (Å²) < 4.78 is 67.8. The van der Waals surface area contributed by atoms with Crippen molar-refractivity contribution in [3.05, 3.63) is 53.1 Å². The quantitative estimate of drug-likeness (QED) is 0.358. The standard InChI is InChI=1S/C27H33ClF2N2O6S2/c1-26(34)16-32(17-26)11-9-19(15-39-20-7-5-18(29)6-8-20)38-24-22(28)13-21(14-23(24)30)40(35,36)31-25(33)27(2)10-3-4-12-37-27/h5-8,13-14,19,34H,3-4,9-12,15-17H2,1-2H3,(H,31,33)/t19-,27-/m1/s1. The average molecular weight is 619 g/mol. The molecule has 8 nitrogen and oxygen atoms in total. The molecule has 220 valence electrons. The molecule has 2 saturated heterocycles. The summed E-state index contributed by atoms with van der Waals surface area (Å²) in [5.41, 5.74) is -2.04. The molecule has 2 aromatic carbocycles. The highest BCUT2D eigenvalue weighted by molar-refractivity contribution is 7.99. The normalized spacial score (nSPS) is 21.9. The maximum absolute atomic E-state index is 15.3. The molecule has 0 saturated carbocycles. The Morgan fingerprint density at radius 1 is 1.23 bits per heavy atom. The molecule has 2 aromatic rings. The highest BCUT2D eigenvalue weighted by Gasteiger charge is 2.39. The number of aliphatic hydroxyl groups is 1. The zero-order valence-corrected chi connectivity index (χ0v) is 24.7. The van der Waals surface area contributed by atoms with E-state index in [0.717, 1.165) is 23.4 Å². The van der Waals surface area contributed by atoms with Crippen LogP contribution in [0.15, 0.2) is 46.2 Å². The smallest absolute Gasteiger partial charge is 0.265 e. The Morgan fingerprint density at radius 3 is 2.52 bits per heavy atom. The number of sulfonamides is 1. The lowest BCUT2D eigenvalue weighted by atomic mass is 9.95. The number of halogens is 3. The zero-order valence-electron chi connectivity index (χ0n) is 22.3. The number of carbonyl (C=O) groups excluding carboxylic acids is 1. The van der Waals surface area contributed by atoms with Crippen molar-refractivity contribution in [2.45, 2.75) is 66.6 Å². The molecule has 0 radical (unpaired) electrons. The van der Waals surface area contributed by atoms with Gasteiger partial charge in [-0.25, -0.2) is 21.9 Å². The predicted octanol–water partition coefficient (Wildman–Crippen LogP) is 4.38. The largest absolute Gasteiger partial charge is 0.485 e. The van der Waals surface area contributed by atoms with E-state index >= 15 is 4.39 Å². The van der Waals surface area contributed by atoms with Crippen LogP contribution in [0.2, 0.25) is 5.02 Å². The first kappa shape index (κ1) is 31.0. The van der Waals surface area contributed by atoms with Gasteiger partial charge in [-0.3, -0.25) is 9.69 Å². The molecule has 0 spiro atoms. The molecule has 0 aliphatic carbocycles. The first-order valence-corrected chi connectivity index (χ1v) is 15.8. The Labute approximate surface area is 242 Å². The van der Waals surface area contributed by atoms with Crippen molar-refractivity contribution in [3.63, 3.8) is 0 Å². The van der Waals surface area contributed by atoms with Gasteiger partial charge in [0.05, 0.1) is 15.5 Å². The number of nitrogens with zero attached hydrogens (tertiary/aromatic N) is 1. The predicted molar refractivity (Wildman–Crippen MR) is 148 cm³/mol. The summed E-state index contributed by atoms with van der Waals surface area (Å²) in [6.07, 6.45) is 1.78. The minimum absolute atomic E-state index is 0.267. The average Bonchev–Trinajstić information content (AvgIpc) is 2.87. The van der Waals surface area contributed by atoms with Crippen molar-refractivity contribution < 1.29 is 36.6 Å². The number of amides is 1. The Bertz CT molecular complexity index is 1290. The van der Waals surface area contributed by atoms with E-state index in [1.165, 1.54) is 30.8 Å². The van der Waals surface area contributed by atoms with E-state index < -0.39 is 43.9 Å². The van der Waals surface area contributed by atoms with E-state index in [9.17, 15) is 22.7 Å². The first-order valence-electron chi connectivity index (χ1n) is 13.0. The van der Waals surface area contributed by atoms with Gasteiger partial charge in [-0.15, -0.1) is 11.8 Å². The first-order chi connectivity index (χ1) is 18.8. The van der Waals surface area contributed by atoms with Gasteiger partial charge in [0, 0.05) is 36.9 Å². The van der Waals surface area contributed by atoms with Crippen LogP contribution in [0.3, 0.4) is 0 Å². The minimum atomic E-state index is -4.44. The summed E-state index contributed by atoms with van der Waals surface area (Å²) in [7, 11) is -4.44. The molecule has 0 aromatic heterocycles. The van der Waals surface area contributed by atoms with E-state index in [2.05, 4.69) is 0 Å². The molecule has 1 amide bonds. The Morgan fingerprint density at radius 2 is 1.93 bits per heavy atom. The van der Waals surface area contributed by atoms with Crippen LogP contribution in [0, 0.1) is 11.6 Å². The monoisotopic (exact) mass is 618 g/mol. The van der Waals surface area contributed by atoms with E-state index in [4.69, 9.17) is 21.1 Å². The van der Waals surface area contributed by atoms with Gasteiger partial charge >= 0.3 is 0 Å². The van der Waals surface area contributed by atoms with Crippen molar-refractivity contribution in [2.24, 2.45) is 0 Å².